The molecule has 0 aromatic heterocycles. The molecule has 3 aromatic rings. The molecule has 1 heterocycles. The summed E-state index contributed by atoms with van der Waals surface area (Å²) in [6.45, 7) is 2.78. The van der Waals surface area contributed by atoms with Crippen molar-refractivity contribution < 1.29 is 19.1 Å². The number of fused-ring (bicyclic) bond motifs is 1. The number of benzene rings is 3. The summed E-state index contributed by atoms with van der Waals surface area (Å²) in [6.07, 6.45) is -0.0528. The van der Waals surface area contributed by atoms with E-state index in [-0.39, 0.29) is 5.91 Å². The van der Waals surface area contributed by atoms with Gasteiger partial charge in [-0.1, -0.05) is 48.5 Å². The molecule has 4 rings (SSSR count). The summed E-state index contributed by atoms with van der Waals surface area (Å²) in [5.74, 6) is 0.473. The lowest BCUT2D eigenvalue weighted by molar-refractivity contribution is -0.140. The lowest BCUT2D eigenvalue weighted by atomic mass is 9.99. The van der Waals surface area contributed by atoms with E-state index in [9.17, 15) is 9.59 Å². The summed E-state index contributed by atoms with van der Waals surface area (Å²) >= 11 is 0. The molecule has 152 valence electrons. The summed E-state index contributed by atoms with van der Waals surface area (Å²) in [7, 11) is 0. The van der Waals surface area contributed by atoms with Crippen molar-refractivity contribution >= 4 is 11.9 Å². The van der Waals surface area contributed by atoms with Gasteiger partial charge in [0.1, 0.15) is 11.5 Å². The van der Waals surface area contributed by atoms with Gasteiger partial charge in [-0.15, -0.1) is 0 Å². The Bertz CT molecular complexity index is 1050. The lowest BCUT2D eigenvalue weighted by Gasteiger charge is -2.30. The van der Waals surface area contributed by atoms with Crippen LogP contribution in [0.5, 0.6) is 11.5 Å². The number of carbonyl (C=O) groups is 2. The predicted octanol–water partition coefficient (Wildman–Crippen LogP) is 4.61. The van der Waals surface area contributed by atoms with Crippen LogP contribution < -0.4 is 4.74 Å². The number of ether oxygens (including phenoxy) is 2. The Labute approximate surface area is 175 Å². The highest BCUT2D eigenvalue weighted by molar-refractivity contribution is 5.92. The van der Waals surface area contributed by atoms with Gasteiger partial charge in [0.25, 0.3) is 5.91 Å². The standard InChI is InChI=1S/C25H23NO4/c1-18(24(27)26-15-14-19-8-5-6-9-21(19)17-26)29-25(28)20-10-7-13-23(16-20)30-22-11-3-2-4-12-22/h2-13,16,18H,14-15,17H2,1H3/t18-/m0/s1. The van der Waals surface area contributed by atoms with Gasteiger partial charge in [0, 0.05) is 13.1 Å². The number of amides is 1. The minimum Gasteiger partial charge on any atom is -0.457 e. The van der Waals surface area contributed by atoms with Crippen LogP contribution in [0.15, 0.2) is 78.9 Å². The first-order valence-corrected chi connectivity index (χ1v) is 9.99. The number of carbonyl (C=O) groups excluding carboxylic acids is 2. The second-order valence-electron chi connectivity index (χ2n) is 7.27. The van der Waals surface area contributed by atoms with E-state index in [2.05, 4.69) is 6.07 Å². The van der Waals surface area contributed by atoms with Crippen LogP contribution in [0.3, 0.4) is 0 Å². The molecule has 1 atom stereocenters. The van der Waals surface area contributed by atoms with Crippen LogP contribution in [0.25, 0.3) is 0 Å². The highest BCUT2D eigenvalue weighted by Crippen LogP contribution is 2.23. The van der Waals surface area contributed by atoms with Gasteiger partial charge < -0.3 is 14.4 Å². The first-order chi connectivity index (χ1) is 14.6. The molecule has 0 spiro atoms. The van der Waals surface area contributed by atoms with Gasteiger partial charge in [0.05, 0.1) is 5.56 Å². The molecule has 0 saturated carbocycles. The van der Waals surface area contributed by atoms with Crippen LogP contribution in [0.2, 0.25) is 0 Å². The molecular formula is C25H23NO4. The average molecular weight is 401 g/mol. The van der Waals surface area contributed by atoms with Crippen molar-refractivity contribution in [2.24, 2.45) is 0 Å². The summed E-state index contributed by atoms with van der Waals surface area (Å²) in [5.41, 5.74) is 2.75. The van der Waals surface area contributed by atoms with E-state index >= 15 is 0 Å². The molecular weight excluding hydrogens is 378 g/mol. The molecule has 0 saturated heterocycles. The van der Waals surface area contributed by atoms with E-state index < -0.39 is 12.1 Å². The molecule has 0 fully saturated rings. The number of hydrogen-bond donors (Lipinski definition) is 0. The van der Waals surface area contributed by atoms with Crippen molar-refractivity contribution in [3.8, 4) is 11.5 Å². The molecule has 0 radical (unpaired) electrons. The molecule has 0 aliphatic carbocycles. The zero-order chi connectivity index (χ0) is 20.9. The van der Waals surface area contributed by atoms with Crippen LogP contribution >= 0.6 is 0 Å². The molecule has 0 bridgehead atoms. The van der Waals surface area contributed by atoms with Crippen LogP contribution in [0.1, 0.15) is 28.4 Å². The van der Waals surface area contributed by atoms with Gasteiger partial charge in [-0.25, -0.2) is 4.79 Å². The van der Waals surface area contributed by atoms with E-state index in [1.54, 1.807) is 36.1 Å². The Kier molecular flexibility index (Phi) is 5.80. The van der Waals surface area contributed by atoms with E-state index in [0.29, 0.717) is 30.2 Å². The van der Waals surface area contributed by atoms with Gasteiger partial charge >= 0.3 is 5.97 Å². The summed E-state index contributed by atoms with van der Waals surface area (Å²) in [4.78, 5) is 27.1. The van der Waals surface area contributed by atoms with Crippen molar-refractivity contribution in [3.05, 3.63) is 95.6 Å². The van der Waals surface area contributed by atoms with E-state index in [1.807, 2.05) is 48.5 Å². The van der Waals surface area contributed by atoms with Crippen molar-refractivity contribution in [3.63, 3.8) is 0 Å². The van der Waals surface area contributed by atoms with Crippen molar-refractivity contribution in [1.82, 2.24) is 4.90 Å². The molecule has 5 nitrogen and oxygen atoms in total. The van der Waals surface area contributed by atoms with Crippen LogP contribution in [-0.2, 0) is 22.5 Å². The molecule has 1 aliphatic rings. The van der Waals surface area contributed by atoms with Crippen LogP contribution in [0, 0.1) is 0 Å². The maximum atomic E-state index is 12.8. The van der Waals surface area contributed by atoms with Crippen LogP contribution in [-0.4, -0.2) is 29.4 Å². The first kappa shape index (κ1) is 19.7. The molecule has 0 unspecified atom stereocenters. The fourth-order valence-electron chi connectivity index (χ4n) is 3.53. The van der Waals surface area contributed by atoms with E-state index in [4.69, 9.17) is 9.47 Å². The SMILES string of the molecule is C[C@H](OC(=O)c1cccc(Oc2ccccc2)c1)C(=O)N1CCc2ccccc2C1. The van der Waals surface area contributed by atoms with E-state index in [1.165, 1.54) is 5.56 Å². The fraction of sp³-hybridized carbons (Fsp3) is 0.200. The van der Waals surface area contributed by atoms with Gasteiger partial charge in [-0.05, 0) is 54.8 Å². The van der Waals surface area contributed by atoms with Crippen molar-refractivity contribution in [2.45, 2.75) is 26.0 Å². The second kappa shape index (κ2) is 8.82. The third-order valence-corrected chi connectivity index (χ3v) is 5.12. The Morgan fingerprint density at radius 1 is 0.867 bits per heavy atom. The smallest absolute Gasteiger partial charge is 0.339 e. The number of nitrogens with zero attached hydrogens (tertiary/aromatic N) is 1. The van der Waals surface area contributed by atoms with Crippen molar-refractivity contribution in [1.29, 1.82) is 0 Å². The highest BCUT2D eigenvalue weighted by atomic mass is 16.5. The third-order valence-electron chi connectivity index (χ3n) is 5.12. The van der Waals surface area contributed by atoms with E-state index in [0.717, 1.165) is 12.0 Å². The summed E-state index contributed by atoms with van der Waals surface area (Å²) < 4.78 is 11.2. The van der Waals surface area contributed by atoms with Gasteiger partial charge in [0.2, 0.25) is 0 Å². The number of hydrogen-bond acceptors (Lipinski definition) is 4. The predicted molar refractivity (Wildman–Crippen MR) is 113 cm³/mol. The quantitative estimate of drug-likeness (QED) is 0.586. The molecule has 1 amide bonds. The molecule has 5 heteroatoms. The maximum Gasteiger partial charge on any atom is 0.339 e. The largest absolute Gasteiger partial charge is 0.457 e. The average Bonchev–Trinajstić information content (AvgIpc) is 2.79. The highest BCUT2D eigenvalue weighted by Gasteiger charge is 2.27. The third kappa shape index (κ3) is 4.51. The summed E-state index contributed by atoms with van der Waals surface area (Å²) in [5, 5.41) is 0. The van der Waals surface area contributed by atoms with Gasteiger partial charge in [0.15, 0.2) is 6.10 Å². The van der Waals surface area contributed by atoms with Crippen molar-refractivity contribution in [2.75, 3.05) is 6.54 Å². The minimum absolute atomic E-state index is 0.186. The molecule has 0 N–H and O–H groups in total. The Morgan fingerprint density at radius 2 is 1.57 bits per heavy atom. The number of para-hydroxylation sites is 1. The Morgan fingerprint density at radius 3 is 2.37 bits per heavy atom. The molecule has 30 heavy (non-hydrogen) atoms. The maximum absolute atomic E-state index is 12.8. The number of esters is 1. The zero-order valence-corrected chi connectivity index (χ0v) is 16.8. The lowest BCUT2D eigenvalue weighted by Crippen LogP contribution is -2.42. The van der Waals surface area contributed by atoms with Crippen LogP contribution in [0.4, 0.5) is 0 Å². The Hall–Kier alpha value is -3.60. The minimum atomic E-state index is -0.860. The van der Waals surface area contributed by atoms with Gasteiger partial charge in [-0.3, -0.25) is 4.79 Å². The zero-order valence-electron chi connectivity index (χ0n) is 16.8. The number of rotatable bonds is 5. The first-order valence-electron chi connectivity index (χ1n) is 9.99. The van der Waals surface area contributed by atoms with Gasteiger partial charge in [-0.2, -0.15) is 0 Å². The fourth-order valence-corrected chi connectivity index (χ4v) is 3.53. The monoisotopic (exact) mass is 401 g/mol. The topological polar surface area (TPSA) is 55.8 Å². The molecule has 1 aliphatic heterocycles. The summed E-state index contributed by atoms with van der Waals surface area (Å²) in [6, 6.07) is 24.2. The second-order valence-corrected chi connectivity index (χ2v) is 7.27. The normalized spacial score (nSPS) is 13.8. The Balaban J connectivity index is 1.39. The molecule has 3 aromatic carbocycles.